The SMILES string of the molecule is COCCNCc1nccn1Cc1cncc(C)c1. The van der Waals surface area contributed by atoms with Crippen molar-refractivity contribution >= 4 is 0 Å². The molecule has 0 saturated heterocycles. The van der Waals surface area contributed by atoms with Crippen molar-refractivity contribution in [2.45, 2.75) is 20.0 Å². The van der Waals surface area contributed by atoms with Crippen LogP contribution in [0.3, 0.4) is 0 Å². The minimum Gasteiger partial charge on any atom is -0.383 e. The molecular formula is C14H20N4O. The highest BCUT2D eigenvalue weighted by atomic mass is 16.5. The third kappa shape index (κ3) is 4.15. The van der Waals surface area contributed by atoms with Crippen molar-refractivity contribution in [2.75, 3.05) is 20.3 Å². The second kappa shape index (κ2) is 7.01. The molecule has 0 aliphatic carbocycles. The van der Waals surface area contributed by atoms with Crippen LogP contribution in [0.4, 0.5) is 0 Å². The van der Waals surface area contributed by atoms with Gasteiger partial charge in [0.05, 0.1) is 19.7 Å². The Morgan fingerprint density at radius 1 is 1.37 bits per heavy atom. The predicted octanol–water partition coefficient (Wildman–Crippen LogP) is 1.37. The van der Waals surface area contributed by atoms with Gasteiger partial charge in [-0.25, -0.2) is 4.98 Å². The molecule has 0 unspecified atom stereocenters. The van der Waals surface area contributed by atoms with Crippen LogP contribution >= 0.6 is 0 Å². The molecule has 0 fully saturated rings. The van der Waals surface area contributed by atoms with Crippen molar-refractivity contribution in [3.05, 3.63) is 47.8 Å². The number of pyridine rings is 1. The van der Waals surface area contributed by atoms with Gasteiger partial charge in [-0.1, -0.05) is 6.07 Å². The smallest absolute Gasteiger partial charge is 0.122 e. The Morgan fingerprint density at radius 2 is 2.26 bits per heavy atom. The topological polar surface area (TPSA) is 52.0 Å². The number of hydrogen-bond donors (Lipinski definition) is 1. The molecule has 2 aromatic rings. The van der Waals surface area contributed by atoms with Crippen LogP contribution in [-0.4, -0.2) is 34.8 Å². The van der Waals surface area contributed by atoms with Gasteiger partial charge in [-0.05, 0) is 18.1 Å². The summed E-state index contributed by atoms with van der Waals surface area (Å²) in [5, 5.41) is 3.30. The molecule has 0 aromatic carbocycles. The van der Waals surface area contributed by atoms with E-state index in [9.17, 15) is 0 Å². The number of imidazole rings is 1. The lowest BCUT2D eigenvalue weighted by Crippen LogP contribution is -2.21. The summed E-state index contributed by atoms with van der Waals surface area (Å²) in [7, 11) is 1.70. The number of nitrogens with one attached hydrogen (secondary N) is 1. The van der Waals surface area contributed by atoms with E-state index in [1.807, 2.05) is 24.8 Å². The number of aromatic nitrogens is 3. The second-order valence-electron chi connectivity index (χ2n) is 4.51. The number of ether oxygens (including phenoxy) is 1. The molecule has 102 valence electrons. The predicted molar refractivity (Wildman–Crippen MR) is 73.9 cm³/mol. The van der Waals surface area contributed by atoms with Crippen molar-refractivity contribution in [3.8, 4) is 0 Å². The molecule has 2 rings (SSSR count). The summed E-state index contributed by atoms with van der Waals surface area (Å²) in [5.41, 5.74) is 2.37. The Balaban J connectivity index is 1.95. The van der Waals surface area contributed by atoms with Gasteiger partial charge in [0.15, 0.2) is 0 Å². The van der Waals surface area contributed by atoms with E-state index in [-0.39, 0.29) is 0 Å². The fourth-order valence-electron chi connectivity index (χ4n) is 1.93. The van der Waals surface area contributed by atoms with Gasteiger partial charge < -0.3 is 14.6 Å². The Bertz CT molecular complexity index is 510. The standard InChI is InChI=1S/C14H20N4O/c1-12-7-13(9-16-8-12)11-18-5-3-17-14(18)10-15-4-6-19-2/h3,5,7-9,15H,4,6,10-11H2,1-2H3. The van der Waals surface area contributed by atoms with Crippen molar-refractivity contribution in [1.29, 1.82) is 0 Å². The van der Waals surface area contributed by atoms with E-state index in [4.69, 9.17) is 4.74 Å². The van der Waals surface area contributed by atoms with E-state index in [2.05, 4.69) is 32.8 Å². The molecule has 2 heterocycles. The fraction of sp³-hybridized carbons (Fsp3) is 0.429. The number of methoxy groups -OCH3 is 1. The van der Waals surface area contributed by atoms with Crippen LogP contribution in [-0.2, 0) is 17.8 Å². The lowest BCUT2D eigenvalue weighted by atomic mass is 10.2. The average Bonchev–Trinajstić information content (AvgIpc) is 2.82. The van der Waals surface area contributed by atoms with E-state index in [0.29, 0.717) is 6.61 Å². The normalized spacial score (nSPS) is 10.8. The minimum atomic E-state index is 0.711. The Hall–Kier alpha value is -1.72. The summed E-state index contributed by atoms with van der Waals surface area (Å²) in [6.45, 7) is 5.14. The average molecular weight is 260 g/mol. The molecule has 0 atom stereocenters. The van der Waals surface area contributed by atoms with Crippen molar-refractivity contribution in [1.82, 2.24) is 19.9 Å². The van der Waals surface area contributed by atoms with Crippen LogP contribution in [0.5, 0.6) is 0 Å². The quantitative estimate of drug-likeness (QED) is 0.764. The van der Waals surface area contributed by atoms with Crippen LogP contribution in [0.25, 0.3) is 0 Å². The van der Waals surface area contributed by atoms with Crippen LogP contribution in [0, 0.1) is 6.92 Å². The van der Waals surface area contributed by atoms with Gasteiger partial charge >= 0.3 is 0 Å². The van der Waals surface area contributed by atoms with Crippen LogP contribution in [0.15, 0.2) is 30.9 Å². The largest absolute Gasteiger partial charge is 0.383 e. The summed E-state index contributed by atoms with van der Waals surface area (Å²) in [6, 6.07) is 2.15. The first-order valence-corrected chi connectivity index (χ1v) is 6.40. The molecule has 0 aliphatic rings. The van der Waals surface area contributed by atoms with E-state index in [0.717, 1.165) is 25.5 Å². The summed E-state index contributed by atoms with van der Waals surface area (Å²) in [6.07, 6.45) is 7.59. The minimum absolute atomic E-state index is 0.711. The molecule has 19 heavy (non-hydrogen) atoms. The molecule has 5 nitrogen and oxygen atoms in total. The zero-order chi connectivity index (χ0) is 13.5. The zero-order valence-electron chi connectivity index (χ0n) is 11.5. The first-order valence-electron chi connectivity index (χ1n) is 6.40. The summed E-state index contributed by atoms with van der Waals surface area (Å²) in [4.78, 5) is 8.59. The molecule has 0 spiro atoms. The second-order valence-corrected chi connectivity index (χ2v) is 4.51. The Kier molecular flexibility index (Phi) is 5.06. The highest BCUT2D eigenvalue weighted by molar-refractivity contribution is 5.17. The van der Waals surface area contributed by atoms with E-state index in [1.165, 1.54) is 11.1 Å². The van der Waals surface area contributed by atoms with Gasteiger partial charge in [-0.3, -0.25) is 4.98 Å². The first-order chi connectivity index (χ1) is 9.29. The summed E-state index contributed by atoms with van der Waals surface area (Å²) in [5.74, 6) is 1.03. The Labute approximate surface area is 113 Å². The molecule has 0 radical (unpaired) electrons. The molecule has 0 bridgehead atoms. The van der Waals surface area contributed by atoms with Crippen molar-refractivity contribution in [3.63, 3.8) is 0 Å². The summed E-state index contributed by atoms with van der Waals surface area (Å²) < 4.78 is 7.14. The number of aryl methyl sites for hydroxylation is 1. The molecule has 2 aromatic heterocycles. The van der Waals surface area contributed by atoms with Gasteiger partial charge in [-0.15, -0.1) is 0 Å². The molecule has 0 aliphatic heterocycles. The maximum Gasteiger partial charge on any atom is 0.122 e. The molecule has 0 amide bonds. The van der Waals surface area contributed by atoms with E-state index >= 15 is 0 Å². The molecule has 5 heteroatoms. The number of hydrogen-bond acceptors (Lipinski definition) is 4. The zero-order valence-corrected chi connectivity index (χ0v) is 11.5. The fourth-order valence-corrected chi connectivity index (χ4v) is 1.93. The van der Waals surface area contributed by atoms with E-state index in [1.54, 1.807) is 7.11 Å². The maximum atomic E-state index is 5.00. The van der Waals surface area contributed by atoms with Gasteiger partial charge in [0, 0.05) is 38.4 Å². The summed E-state index contributed by atoms with van der Waals surface area (Å²) >= 11 is 0. The van der Waals surface area contributed by atoms with E-state index < -0.39 is 0 Å². The lowest BCUT2D eigenvalue weighted by molar-refractivity contribution is 0.199. The third-order valence-corrected chi connectivity index (χ3v) is 2.85. The van der Waals surface area contributed by atoms with Gasteiger partial charge in [0.1, 0.15) is 5.82 Å². The van der Waals surface area contributed by atoms with Crippen LogP contribution in [0.1, 0.15) is 17.0 Å². The third-order valence-electron chi connectivity index (χ3n) is 2.85. The van der Waals surface area contributed by atoms with Gasteiger partial charge in [-0.2, -0.15) is 0 Å². The maximum absolute atomic E-state index is 5.00. The molecule has 1 N–H and O–H groups in total. The first kappa shape index (κ1) is 13.7. The molecular weight excluding hydrogens is 240 g/mol. The van der Waals surface area contributed by atoms with Crippen molar-refractivity contribution in [2.24, 2.45) is 0 Å². The number of nitrogens with zero attached hydrogens (tertiary/aromatic N) is 3. The van der Waals surface area contributed by atoms with Gasteiger partial charge in [0.2, 0.25) is 0 Å². The Morgan fingerprint density at radius 3 is 3.05 bits per heavy atom. The number of rotatable bonds is 7. The highest BCUT2D eigenvalue weighted by Gasteiger charge is 2.03. The van der Waals surface area contributed by atoms with Crippen molar-refractivity contribution < 1.29 is 4.74 Å². The monoisotopic (exact) mass is 260 g/mol. The van der Waals surface area contributed by atoms with Crippen LogP contribution < -0.4 is 5.32 Å². The van der Waals surface area contributed by atoms with Gasteiger partial charge in [0.25, 0.3) is 0 Å². The lowest BCUT2D eigenvalue weighted by Gasteiger charge is -2.09. The molecule has 0 saturated carbocycles. The highest BCUT2D eigenvalue weighted by Crippen LogP contribution is 2.06. The van der Waals surface area contributed by atoms with Crippen LogP contribution in [0.2, 0.25) is 0 Å².